The van der Waals surface area contributed by atoms with Gasteiger partial charge in [0.05, 0.1) is 11.2 Å². The topological polar surface area (TPSA) is 81.2 Å². The number of hydrogen-bond acceptors (Lipinski definition) is 5. The zero-order chi connectivity index (χ0) is 18.3. The van der Waals surface area contributed by atoms with Crippen molar-refractivity contribution in [3.8, 4) is 0 Å². The lowest BCUT2D eigenvalue weighted by molar-refractivity contribution is -0.119. The number of hydrogen-bond donors (Lipinski definition) is 1. The molecule has 0 bridgehead atoms. The lowest BCUT2D eigenvalue weighted by Gasteiger charge is -2.23. The fourth-order valence-corrected chi connectivity index (χ4v) is 3.38. The highest BCUT2D eigenvalue weighted by atomic mass is 16.5. The highest BCUT2D eigenvalue weighted by molar-refractivity contribution is 6.24. The van der Waals surface area contributed by atoms with Crippen molar-refractivity contribution in [3.05, 3.63) is 54.0 Å². The lowest BCUT2D eigenvalue weighted by Crippen LogP contribution is -2.33. The number of rotatable bonds is 4. The summed E-state index contributed by atoms with van der Waals surface area (Å²) in [4.78, 5) is 33.0. The third kappa shape index (κ3) is 2.55. The largest absolute Gasteiger partial charge is 0.375 e. The Balaban J connectivity index is 1.98. The number of amides is 1. The van der Waals surface area contributed by atoms with Crippen LogP contribution in [-0.2, 0) is 9.53 Å². The fourth-order valence-electron chi connectivity index (χ4n) is 3.38. The number of ketones is 1. The molecule has 6 nitrogen and oxygen atoms in total. The molecule has 0 radical (unpaired) electrons. The van der Waals surface area contributed by atoms with Gasteiger partial charge in [-0.15, -0.1) is 0 Å². The highest BCUT2D eigenvalue weighted by Gasteiger charge is 2.28. The molecule has 1 amide bonds. The first-order valence-corrected chi connectivity index (χ1v) is 8.31. The number of nitrogens with zero attached hydrogens (tertiary/aromatic N) is 2. The smallest absolute Gasteiger partial charge is 0.216 e. The van der Waals surface area contributed by atoms with Crippen molar-refractivity contribution in [1.82, 2.24) is 15.3 Å². The first kappa shape index (κ1) is 16.4. The molecular weight excluding hydrogens is 330 g/mol. The van der Waals surface area contributed by atoms with Crippen LogP contribution in [0.1, 0.15) is 23.1 Å². The highest BCUT2D eigenvalue weighted by Crippen LogP contribution is 2.36. The van der Waals surface area contributed by atoms with E-state index in [1.54, 1.807) is 13.3 Å². The number of nitrogens with one attached hydrogen (secondary N) is 1. The quantitative estimate of drug-likeness (QED) is 0.734. The number of ether oxygens (including phenoxy) is 1. The summed E-state index contributed by atoms with van der Waals surface area (Å²) < 4.78 is 5.55. The van der Waals surface area contributed by atoms with Gasteiger partial charge in [0, 0.05) is 43.1 Å². The number of allylic oxidation sites excluding steroid dienone is 1. The minimum Gasteiger partial charge on any atom is -0.375 e. The van der Waals surface area contributed by atoms with Crippen molar-refractivity contribution in [1.29, 1.82) is 0 Å². The molecule has 6 heteroatoms. The number of benzene rings is 1. The second-order valence-electron chi connectivity index (χ2n) is 6.19. The fraction of sp³-hybridized carbons (Fsp3) is 0.200. The van der Waals surface area contributed by atoms with E-state index in [4.69, 9.17) is 9.72 Å². The molecule has 3 aromatic rings. The Morgan fingerprint density at radius 3 is 2.77 bits per heavy atom. The SMILES string of the molecule is CO[C@H](CNC(C)=O)C1=CC(=O)c2nccc3c2c1nc1ccccc13. The summed E-state index contributed by atoms with van der Waals surface area (Å²) in [5, 5.41) is 5.38. The monoisotopic (exact) mass is 347 g/mol. The van der Waals surface area contributed by atoms with Gasteiger partial charge in [0.1, 0.15) is 11.8 Å². The molecule has 4 rings (SSSR count). The van der Waals surface area contributed by atoms with Crippen LogP contribution in [0.25, 0.3) is 27.2 Å². The lowest BCUT2D eigenvalue weighted by atomic mass is 9.90. The van der Waals surface area contributed by atoms with Gasteiger partial charge in [-0.3, -0.25) is 14.6 Å². The molecule has 2 heterocycles. The van der Waals surface area contributed by atoms with Gasteiger partial charge in [0.25, 0.3) is 0 Å². The van der Waals surface area contributed by atoms with E-state index in [0.717, 1.165) is 21.7 Å². The van der Waals surface area contributed by atoms with Crippen LogP contribution in [0, 0.1) is 0 Å². The van der Waals surface area contributed by atoms with Crippen LogP contribution in [0.4, 0.5) is 0 Å². The third-order valence-electron chi connectivity index (χ3n) is 4.58. The Morgan fingerprint density at radius 1 is 1.19 bits per heavy atom. The number of aromatic nitrogens is 2. The van der Waals surface area contributed by atoms with Gasteiger partial charge in [-0.2, -0.15) is 0 Å². The van der Waals surface area contributed by atoms with Gasteiger partial charge in [-0.1, -0.05) is 18.2 Å². The summed E-state index contributed by atoms with van der Waals surface area (Å²) in [6, 6.07) is 9.70. The Labute approximate surface area is 149 Å². The summed E-state index contributed by atoms with van der Waals surface area (Å²) in [5.41, 5.74) is 2.57. The van der Waals surface area contributed by atoms with Gasteiger partial charge in [-0.25, -0.2) is 4.98 Å². The van der Waals surface area contributed by atoms with Crippen LogP contribution in [0.2, 0.25) is 0 Å². The van der Waals surface area contributed by atoms with Gasteiger partial charge in [0.2, 0.25) is 11.7 Å². The predicted molar refractivity (Wildman–Crippen MR) is 98.8 cm³/mol. The van der Waals surface area contributed by atoms with Gasteiger partial charge in [-0.05, 0) is 23.6 Å². The van der Waals surface area contributed by atoms with E-state index in [1.807, 2.05) is 30.3 Å². The number of para-hydroxylation sites is 1. The zero-order valence-corrected chi connectivity index (χ0v) is 14.4. The van der Waals surface area contributed by atoms with E-state index in [9.17, 15) is 9.59 Å². The van der Waals surface area contributed by atoms with Crippen LogP contribution in [0.15, 0.2) is 42.6 Å². The molecule has 1 aromatic carbocycles. The Bertz CT molecular complexity index is 1090. The minimum absolute atomic E-state index is 0.159. The molecule has 0 saturated carbocycles. The van der Waals surface area contributed by atoms with Crippen LogP contribution in [-0.4, -0.2) is 41.4 Å². The summed E-state index contributed by atoms with van der Waals surface area (Å²) in [7, 11) is 1.55. The number of carbonyl (C=O) groups excluding carboxylic acids is 2. The predicted octanol–water partition coefficient (Wildman–Crippen LogP) is 2.51. The van der Waals surface area contributed by atoms with Crippen molar-refractivity contribution in [2.75, 3.05) is 13.7 Å². The number of methoxy groups -OCH3 is 1. The summed E-state index contributed by atoms with van der Waals surface area (Å²) in [6.45, 7) is 1.70. The molecular formula is C20H17N3O3. The minimum atomic E-state index is -0.479. The molecule has 1 N–H and O–H groups in total. The van der Waals surface area contributed by atoms with Crippen molar-refractivity contribution < 1.29 is 14.3 Å². The van der Waals surface area contributed by atoms with E-state index in [-0.39, 0.29) is 18.2 Å². The second-order valence-corrected chi connectivity index (χ2v) is 6.19. The summed E-state index contributed by atoms with van der Waals surface area (Å²) >= 11 is 0. The van der Waals surface area contributed by atoms with Gasteiger partial charge in [0.15, 0.2) is 0 Å². The Hall–Kier alpha value is -3.12. The van der Waals surface area contributed by atoms with Crippen molar-refractivity contribution in [2.24, 2.45) is 0 Å². The van der Waals surface area contributed by atoms with E-state index in [2.05, 4.69) is 10.3 Å². The maximum atomic E-state index is 12.7. The first-order chi connectivity index (χ1) is 12.6. The van der Waals surface area contributed by atoms with E-state index in [1.165, 1.54) is 13.0 Å². The molecule has 0 saturated heterocycles. The summed E-state index contributed by atoms with van der Waals surface area (Å²) in [5.74, 6) is -0.339. The van der Waals surface area contributed by atoms with Crippen LogP contribution >= 0.6 is 0 Å². The number of carbonyl (C=O) groups is 2. The molecule has 0 spiro atoms. The summed E-state index contributed by atoms with van der Waals surface area (Å²) in [6.07, 6.45) is 2.69. The number of fused-ring (bicyclic) bond motifs is 2. The Morgan fingerprint density at radius 2 is 2.00 bits per heavy atom. The second kappa shape index (κ2) is 6.31. The maximum absolute atomic E-state index is 12.7. The van der Waals surface area contributed by atoms with Crippen LogP contribution < -0.4 is 5.32 Å². The molecule has 1 aliphatic rings. The molecule has 0 fully saturated rings. The molecule has 0 unspecified atom stereocenters. The normalized spacial score (nSPS) is 14.4. The van der Waals surface area contributed by atoms with E-state index < -0.39 is 6.10 Å². The van der Waals surface area contributed by atoms with Gasteiger partial charge >= 0.3 is 0 Å². The molecule has 130 valence electrons. The third-order valence-corrected chi connectivity index (χ3v) is 4.58. The first-order valence-electron chi connectivity index (χ1n) is 8.31. The molecule has 2 aromatic heterocycles. The van der Waals surface area contributed by atoms with E-state index >= 15 is 0 Å². The Kier molecular flexibility index (Phi) is 3.97. The zero-order valence-electron chi connectivity index (χ0n) is 14.4. The standard InChI is InChI=1S/C20H17N3O3/c1-11(24)22-10-17(26-2)14-9-16(25)20-18-13(7-8-21-20)12-5-3-4-6-15(12)23-19(14)18/h3-9,17H,10H2,1-2H3,(H,22,24)/t17-/m1/s1. The van der Waals surface area contributed by atoms with Crippen molar-refractivity contribution >= 4 is 38.9 Å². The maximum Gasteiger partial charge on any atom is 0.216 e. The van der Waals surface area contributed by atoms with Gasteiger partial charge < -0.3 is 10.1 Å². The van der Waals surface area contributed by atoms with Crippen molar-refractivity contribution in [3.63, 3.8) is 0 Å². The van der Waals surface area contributed by atoms with E-state index in [0.29, 0.717) is 17.0 Å². The molecule has 1 atom stereocenters. The average Bonchev–Trinajstić information content (AvgIpc) is 2.65. The van der Waals surface area contributed by atoms with Crippen molar-refractivity contribution in [2.45, 2.75) is 13.0 Å². The molecule has 0 aliphatic heterocycles. The van der Waals surface area contributed by atoms with Crippen LogP contribution in [0.5, 0.6) is 0 Å². The average molecular weight is 347 g/mol. The number of pyridine rings is 2. The molecule has 1 aliphatic carbocycles. The molecule has 26 heavy (non-hydrogen) atoms. The van der Waals surface area contributed by atoms with Crippen LogP contribution in [0.3, 0.4) is 0 Å².